The maximum atomic E-state index is 12.5. The first-order valence-corrected chi connectivity index (χ1v) is 10.1. The van der Waals surface area contributed by atoms with Gasteiger partial charge in [0.2, 0.25) is 5.78 Å². The molecule has 1 aromatic heterocycles. The molecule has 1 aromatic carbocycles. The number of carbonyl (C=O) groups is 2. The molecule has 0 fully saturated rings. The molecule has 0 N–H and O–H groups in total. The summed E-state index contributed by atoms with van der Waals surface area (Å²) in [5, 5.41) is 0. The van der Waals surface area contributed by atoms with Crippen LogP contribution >= 0.6 is 0 Å². The predicted octanol–water partition coefficient (Wildman–Crippen LogP) is 2.92. The summed E-state index contributed by atoms with van der Waals surface area (Å²) in [5.74, 6) is -0.514. The van der Waals surface area contributed by atoms with Gasteiger partial charge in [0.15, 0.2) is 6.61 Å². The van der Waals surface area contributed by atoms with Gasteiger partial charge in [-0.1, -0.05) is 19.1 Å². The van der Waals surface area contributed by atoms with Crippen molar-refractivity contribution in [3.05, 3.63) is 52.8 Å². The van der Waals surface area contributed by atoms with Gasteiger partial charge in [0.05, 0.1) is 27.9 Å². The van der Waals surface area contributed by atoms with Gasteiger partial charge in [-0.3, -0.25) is 9.00 Å². The van der Waals surface area contributed by atoms with E-state index in [0.29, 0.717) is 29.4 Å². The van der Waals surface area contributed by atoms with Gasteiger partial charge in [-0.05, 0) is 32.0 Å². The number of esters is 1. The Kier molecular flexibility index (Phi) is 7.50. The molecule has 0 unspecified atom stereocenters. The Balaban J connectivity index is 2.10. The van der Waals surface area contributed by atoms with Gasteiger partial charge in [-0.2, -0.15) is 0 Å². The number of aromatic nitrogens is 1. The standard InChI is InChI=1S/C20H25NO5S/c1-5-27(24)19-9-7-6-8-16(19)20(23)26-13-18(22)17-12-14(2)21(15(17)3)10-11-25-4/h6-9,12H,5,10-11,13H2,1-4H3/t27-/m0/s1. The van der Waals surface area contributed by atoms with Gasteiger partial charge in [-0.25, -0.2) is 4.79 Å². The Morgan fingerprint density at radius 1 is 1.15 bits per heavy atom. The minimum Gasteiger partial charge on any atom is -0.454 e. The van der Waals surface area contributed by atoms with Gasteiger partial charge in [0, 0.05) is 36.4 Å². The van der Waals surface area contributed by atoms with E-state index < -0.39 is 16.8 Å². The number of rotatable bonds is 9. The summed E-state index contributed by atoms with van der Waals surface area (Å²) < 4.78 is 24.4. The smallest absolute Gasteiger partial charge is 0.339 e. The molecule has 0 aliphatic rings. The van der Waals surface area contributed by atoms with Gasteiger partial charge in [0.25, 0.3) is 0 Å². The van der Waals surface area contributed by atoms with E-state index >= 15 is 0 Å². The van der Waals surface area contributed by atoms with Crippen LogP contribution in [0.1, 0.15) is 39.0 Å². The fourth-order valence-electron chi connectivity index (χ4n) is 2.89. The molecule has 0 saturated heterocycles. The van der Waals surface area contributed by atoms with E-state index in [0.717, 1.165) is 11.4 Å². The molecule has 2 aromatic rings. The zero-order chi connectivity index (χ0) is 20.0. The molecule has 1 atom stereocenters. The van der Waals surface area contributed by atoms with E-state index in [1.165, 1.54) is 0 Å². The van der Waals surface area contributed by atoms with Crippen LogP contribution in [-0.2, 0) is 26.8 Å². The van der Waals surface area contributed by atoms with Crippen molar-refractivity contribution in [2.24, 2.45) is 0 Å². The highest BCUT2D eigenvalue weighted by Crippen LogP contribution is 2.18. The molecule has 0 radical (unpaired) electrons. The molecular weight excluding hydrogens is 366 g/mol. The Morgan fingerprint density at radius 2 is 1.85 bits per heavy atom. The highest BCUT2D eigenvalue weighted by atomic mass is 32.2. The van der Waals surface area contributed by atoms with E-state index in [1.807, 2.05) is 18.4 Å². The van der Waals surface area contributed by atoms with Gasteiger partial charge < -0.3 is 14.0 Å². The molecule has 0 aliphatic heterocycles. The van der Waals surface area contributed by atoms with Crippen molar-refractivity contribution in [2.75, 3.05) is 26.1 Å². The van der Waals surface area contributed by atoms with Crippen LogP contribution in [0, 0.1) is 13.8 Å². The summed E-state index contributed by atoms with van der Waals surface area (Å²) in [4.78, 5) is 25.3. The van der Waals surface area contributed by atoms with Crippen molar-refractivity contribution in [3.8, 4) is 0 Å². The highest BCUT2D eigenvalue weighted by molar-refractivity contribution is 7.85. The van der Waals surface area contributed by atoms with Crippen molar-refractivity contribution in [3.63, 3.8) is 0 Å². The number of Topliss-reactive ketones (excluding diaryl/α,β-unsaturated/α-hetero) is 1. The van der Waals surface area contributed by atoms with Gasteiger partial charge in [0.1, 0.15) is 0 Å². The summed E-state index contributed by atoms with van der Waals surface area (Å²) in [6.45, 7) is 6.39. The highest BCUT2D eigenvalue weighted by Gasteiger charge is 2.20. The normalized spacial score (nSPS) is 12.0. The second-order valence-corrected chi connectivity index (χ2v) is 7.77. The van der Waals surface area contributed by atoms with Crippen molar-refractivity contribution in [1.29, 1.82) is 0 Å². The molecule has 0 spiro atoms. The molecule has 0 aliphatic carbocycles. The second kappa shape index (κ2) is 9.62. The summed E-state index contributed by atoms with van der Waals surface area (Å²) >= 11 is 0. The van der Waals surface area contributed by atoms with Crippen LogP contribution in [0.5, 0.6) is 0 Å². The number of ketones is 1. The maximum absolute atomic E-state index is 12.5. The Labute approximate surface area is 161 Å². The van der Waals surface area contributed by atoms with Crippen molar-refractivity contribution >= 4 is 22.6 Å². The first-order chi connectivity index (χ1) is 12.9. The van der Waals surface area contributed by atoms with Crippen molar-refractivity contribution in [1.82, 2.24) is 4.57 Å². The first-order valence-electron chi connectivity index (χ1n) is 8.74. The van der Waals surface area contributed by atoms with Gasteiger partial charge >= 0.3 is 5.97 Å². The summed E-state index contributed by atoms with van der Waals surface area (Å²) in [5.41, 5.74) is 2.53. The molecular formula is C20H25NO5S. The fourth-order valence-corrected chi connectivity index (χ4v) is 3.82. The monoisotopic (exact) mass is 391 g/mol. The Bertz CT molecular complexity index is 856. The van der Waals surface area contributed by atoms with Gasteiger partial charge in [-0.15, -0.1) is 0 Å². The minimum absolute atomic E-state index is 0.232. The van der Waals surface area contributed by atoms with E-state index in [1.54, 1.807) is 44.4 Å². The van der Waals surface area contributed by atoms with Crippen LogP contribution in [0.3, 0.4) is 0 Å². The third kappa shape index (κ3) is 4.93. The van der Waals surface area contributed by atoms with Crippen LogP contribution in [-0.4, -0.2) is 46.6 Å². The number of nitrogens with zero attached hydrogens (tertiary/aromatic N) is 1. The number of hydrogen-bond acceptors (Lipinski definition) is 5. The van der Waals surface area contributed by atoms with E-state index in [9.17, 15) is 13.8 Å². The quantitative estimate of drug-likeness (QED) is 0.485. The van der Waals surface area contributed by atoms with Crippen molar-refractivity contribution in [2.45, 2.75) is 32.2 Å². The fraction of sp³-hybridized carbons (Fsp3) is 0.400. The van der Waals surface area contributed by atoms with E-state index in [4.69, 9.17) is 9.47 Å². The minimum atomic E-state index is -1.28. The lowest BCUT2D eigenvalue weighted by Gasteiger charge is -2.10. The van der Waals surface area contributed by atoms with Crippen molar-refractivity contribution < 1.29 is 23.3 Å². The number of methoxy groups -OCH3 is 1. The molecule has 6 nitrogen and oxygen atoms in total. The number of benzene rings is 1. The third-order valence-corrected chi connectivity index (χ3v) is 5.71. The first kappa shape index (κ1) is 21.1. The number of carbonyl (C=O) groups excluding carboxylic acids is 2. The Hall–Kier alpha value is -2.25. The summed E-state index contributed by atoms with van der Waals surface area (Å²) in [7, 11) is 0.348. The SMILES string of the molecule is CC[S@](=O)c1ccccc1C(=O)OCC(=O)c1cc(C)n(CCOC)c1C. The zero-order valence-corrected chi connectivity index (χ0v) is 16.9. The molecule has 7 heteroatoms. The van der Waals surface area contributed by atoms with E-state index in [2.05, 4.69) is 0 Å². The van der Waals surface area contributed by atoms with E-state index in [-0.39, 0.29) is 18.0 Å². The average molecular weight is 391 g/mol. The molecule has 2 rings (SSSR count). The lowest BCUT2D eigenvalue weighted by Crippen LogP contribution is -2.17. The van der Waals surface area contributed by atoms with Crippen LogP contribution in [0.4, 0.5) is 0 Å². The molecule has 146 valence electrons. The topological polar surface area (TPSA) is 74.6 Å². The zero-order valence-electron chi connectivity index (χ0n) is 16.1. The lowest BCUT2D eigenvalue weighted by atomic mass is 10.1. The lowest BCUT2D eigenvalue weighted by molar-refractivity contribution is 0.0471. The average Bonchev–Trinajstić information content (AvgIpc) is 2.97. The van der Waals surface area contributed by atoms with Crippen LogP contribution in [0.15, 0.2) is 35.2 Å². The van der Waals surface area contributed by atoms with Crippen LogP contribution in [0.25, 0.3) is 0 Å². The summed E-state index contributed by atoms with van der Waals surface area (Å²) in [6.07, 6.45) is 0. The third-order valence-electron chi connectivity index (χ3n) is 4.34. The summed E-state index contributed by atoms with van der Waals surface area (Å²) in [6, 6.07) is 8.40. The molecule has 0 bridgehead atoms. The number of ether oxygens (including phenoxy) is 2. The van der Waals surface area contributed by atoms with Crippen LogP contribution in [0.2, 0.25) is 0 Å². The number of aryl methyl sites for hydroxylation is 1. The number of hydrogen-bond donors (Lipinski definition) is 0. The molecule has 0 saturated carbocycles. The maximum Gasteiger partial charge on any atom is 0.339 e. The molecule has 0 amide bonds. The van der Waals surface area contributed by atoms with Crippen LogP contribution < -0.4 is 0 Å². The largest absolute Gasteiger partial charge is 0.454 e. The predicted molar refractivity (Wildman–Crippen MR) is 104 cm³/mol. The molecule has 1 heterocycles. The Morgan fingerprint density at radius 3 is 2.52 bits per heavy atom. The second-order valence-electron chi connectivity index (χ2n) is 6.06. The molecule has 27 heavy (non-hydrogen) atoms.